The number of carbonyl (C=O) groups is 2. The van der Waals surface area contributed by atoms with Gasteiger partial charge in [0.1, 0.15) is 5.60 Å². The van der Waals surface area contributed by atoms with E-state index in [1.165, 1.54) is 6.92 Å². The Hall–Kier alpha value is -2.47. The predicted molar refractivity (Wildman–Crippen MR) is 107 cm³/mol. The molecule has 146 valence electrons. The van der Waals surface area contributed by atoms with Crippen molar-refractivity contribution in [3.05, 3.63) is 36.4 Å². The van der Waals surface area contributed by atoms with Crippen LogP contribution in [0.2, 0.25) is 0 Å². The van der Waals surface area contributed by atoms with E-state index >= 15 is 0 Å². The Labute approximate surface area is 160 Å². The van der Waals surface area contributed by atoms with Crippen molar-refractivity contribution in [2.45, 2.75) is 64.9 Å². The van der Waals surface area contributed by atoms with Gasteiger partial charge >= 0.3 is 0 Å². The number of unbranched alkanes of at least 4 members (excludes halogenated alkanes) is 2. The molecule has 1 aromatic heterocycles. The predicted octanol–water partition coefficient (Wildman–Crippen LogP) is 3.73. The maximum atomic E-state index is 12.8. The van der Waals surface area contributed by atoms with Crippen molar-refractivity contribution < 1.29 is 14.7 Å². The van der Waals surface area contributed by atoms with Gasteiger partial charge in [0.2, 0.25) is 5.91 Å². The van der Waals surface area contributed by atoms with Gasteiger partial charge in [-0.3, -0.25) is 15.0 Å². The largest absolute Gasteiger partial charge is 0.380 e. The molecular weight excluding hydrogens is 342 g/mol. The summed E-state index contributed by atoms with van der Waals surface area (Å²) in [6, 6.07) is 11.1. The maximum absolute atomic E-state index is 12.8. The fraction of sp³-hybridized carbons (Fsp3) is 0.476. The second-order valence-electron chi connectivity index (χ2n) is 6.90. The lowest BCUT2D eigenvalue weighted by atomic mass is 9.90. The first-order valence-corrected chi connectivity index (χ1v) is 9.61. The molecule has 0 aliphatic carbocycles. The standard InChI is InChI=1S/C21H29N3O3/c1-4-6-14-21(27,15-7-5-2)20(26)23-24(16(3)25)19-13-12-17-10-8-9-11-18(17)22-19/h8-13,27H,4-7,14-15H2,1-3H3,(H,23,26). The molecule has 0 aliphatic rings. The molecule has 0 fully saturated rings. The molecule has 1 aromatic carbocycles. The number of hydrogen-bond donors (Lipinski definition) is 2. The SMILES string of the molecule is CCCCC(O)(CCCC)C(=O)NN(C(C)=O)c1ccc2ccccc2n1. The highest BCUT2D eigenvalue weighted by Gasteiger charge is 2.36. The normalized spacial score (nSPS) is 11.4. The number of nitrogens with zero attached hydrogens (tertiary/aromatic N) is 2. The summed E-state index contributed by atoms with van der Waals surface area (Å²) in [4.78, 5) is 29.5. The van der Waals surface area contributed by atoms with Crippen molar-refractivity contribution in [1.29, 1.82) is 0 Å². The Morgan fingerprint density at radius 2 is 1.70 bits per heavy atom. The van der Waals surface area contributed by atoms with Gasteiger partial charge in [0.05, 0.1) is 5.52 Å². The number of benzene rings is 1. The Morgan fingerprint density at radius 3 is 2.30 bits per heavy atom. The Bertz CT molecular complexity index is 783. The highest BCUT2D eigenvalue weighted by Crippen LogP contribution is 2.23. The molecular formula is C21H29N3O3. The molecule has 27 heavy (non-hydrogen) atoms. The second-order valence-corrected chi connectivity index (χ2v) is 6.90. The van der Waals surface area contributed by atoms with Crippen LogP contribution in [0.5, 0.6) is 0 Å². The number of amides is 2. The number of aromatic nitrogens is 1. The van der Waals surface area contributed by atoms with Crippen LogP contribution in [-0.2, 0) is 9.59 Å². The molecule has 0 bridgehead atoms. The van der Waals surface area contributed by atoms with Gasteiger partial charge in [-0.1, -0.05) is 57.7 Å². The molecule has 0 saturated heterocycles. The lowest BCUT2D eigenvalue weighted by Gasteiger charge is -2.30. The van der Waals surface area contributed by atoms with E-state index in [9.17, 15) is 14.7 Å². The number of nitrogens with one attached hydrogen (secondary N) is 1. The molecule has 2 N–H and O–H groups in total. The summed E-state index contributed by atoms with van der Waals surface area (Å²) >= 11 is 0. The summed E-state index contributed by atoms with van der Waals surface area (Å²) in [5.41, 5.74) is 1.82. The lowest BCUT2D eigenvalue weighted by Crippen LogP contribution is -2.55. The third-order valence-electron chi connectivity index (χ3n) is 4.65. The van der Waals surface area contributed by atoms with Crippen molar-refractivity contribution >= 4 is 28.5 Å². The minimum absolute atomic E-state index is 0.322. The van der Waals surface area contributed by atoms with Crippen LogP contribution in [0.4, 0.5) is 5.82 Å². The van der Waals surface area contributed by atoms with E-state index in [2.05, 4.69) is 10.4 Å². The van der Waals surface area contributed by atoms with E-state index in [-0.39, 0.29) is 5.91 Å². The maximum Gasteiger partial charge on any atom is 0.270 e. The second kappa shape index (κ2) is 9.46. The third kappa shape index (κ3) is 5.26. The highest BCUT2D eigenvalue weighted by molar-refractivity contribution is 5.97. The zero-order valence-electron chi connectivity index (χ0n) is 16.4. The first-order chi connectivity index (χ1) is 12.9. The number of hydrogen-bond acceptors (Lipinski definition) is 4. The van der Waals surface area contributed by atoms with Crippen molar-refractivity contribution in [1.82, 2.24) is 10.4 Å². The van der Waals surface area contributed by atoms with Crippen LogP contribution in [0, 0.1) is 0 Å². The van der Waals surface area contributed by atoms with Crippen LogP contribution >= 0.6 is 0 Å². The summed E-state index contributed by atoms with van der Waals surface area (Å²) in [6.07, 6.45) is 3.97. The smallest absolute Gasteiger partial charge is 0.270 e. The monoisotopic (exact) mass is 371 g/mol. The summed E-state index contributed by atoms with van der Waals surface area (Å²) < 4.78 is 0. The van der Waals surface area contributed by atoms with Crippen molar-refractivity contribution in [2.75, 3.05) is 5.01 Å². The average molecular weight is 371 g/mol. The van der Waals surface area contributed by atoms with E-state index < -0.39 is 11.5 Å². The van der Waals surface area contributed by atoms with Crippen molar-refractivity contribution in [2.24, 2.45) is 0 Å². The van der Waals surface area contributed by atoms with Crippen LogP contribution in [0.3, 0.4) is 0 Å². The van der Waals surface area contributed by atoms with E-state index in [0.717, 1.165) is 41.6 Å². The van der Waals surface area contributed by atoms with Crippen molar-refractivity contribution in [3.8, 4) is 0 Å². The number of para-hydroxylation sites is 1. The number of rotatable bonds is 8. The molecule has 2 aromatic rings. The zero-order valence-corrected chi connectivity index (χ0v) is 16.4. The number of pyridine rings is 1. The van der Waals surface area contributed by atoms with Gasteiger partial charge in [-0.05, 0) is 31.0 Å². The fourth-order valence-corrected chi connectivity index (χ4v) is 2.97. The van der Waals surface area contributed by atoms with E-state index in [1.54, 1.807) is 6.07 Å². The van der Waals surface area contributed by atoms with Crippen LogP contribution in [-0.4, -0.2) is 27.5 Å². The van der Waals surface area contributed by atoms with E-state index in [1.807, 2.05) is 44.2 Å². The molecule has 0 atom stereocenters. The average Bonchev–Trinajstić information content (AvgIpc) is 2.68. The summed E-state index contributed by atoms with van der Waals surface area (Å²) in [6.45, 7) is 5.38. The quantitative estimate of drug-likeness (QED) is 0.693. The van der Waals surface area contributed by atoms with E-state index in [0.29, 0.717) is 18.7 Å². The molecule has 0 spiro atoms. The Balaban J connectivity index is 2.26. The lowest BCUT2D eigenvalue weighted by molar-refractivity contribution is -0.143. The Kier molecular flexibility index (Phi) is 7.30. The molecule has 2 amide bonds. The van der Waals surface area contributed by atoms with Gasteiger partial charge in [-0.25, -0.2) is 9.99 Å². The fourth-order valence-electron chi connectivity index (χ4n) is 2.97. The first kappa shape index (κ1) is 20.8. The van der Waals surface area contributed by atoms with Crippen LogP contribution < -0.4 is 10.4 Å². The van der Waals surface area contributed by atoms with Gasteiger partial charge in [0, 0.05) is 12.3 Å². The van der Waals surface area contributed by atoms with Crippen molar-refractivity contribution in [3.63, 3.8) is 0 Å². The van der Waals surface area contributed by atoms with E-state index in [4.69, 9.17) is 0 Å². The minimum atomic E-state index is -1.49. The summed E-state index contributed by atoms with van der Waals surface area (Å²) in [5, 5.41) is 13.0. The number of anilines is 1. The molecule has 6 nitrogen and oxygen atoms in total. The molecule has 6 heteroatoms. The first-order valence-electron chi connectivity index (χ1n) is 9.61. The summed E-state index contributed by atoms with van der Waals surface area (Å²) in [5.74, 6) is -0.614. The number of aliphatic hydroxyl groups is 1. The highest BCUT2D eigenvalue weighted by atomic mass is 16.3. The number of carbonyl (C=O) groups excluding carboxylic acids is 2. The molecule has 2 rings (SSSR count). The van der Waals surface area contributed by atoms with Gasteiger partial charge in [-0.15, -0.1) is 0 Å². The van der Waals surface area contributed by atoms with Gasteiger partial charge in [-0.2, -0.15) is 0 Å². The minimum Gasteiger partial charge on any atom is -0.380 e. The van der Waals surface area contributed by atoms with Gasteiger partial charge in [0.25, 0.3) is 5.91 Å². The molecule has 0 aliphatic heterocycles. The van der Waals surface area contributed by atoms with Gasteiger partial charge < -0.3 is 5.11 Å². The van der Waals surface area contributed by atoms with Crippen LogP contribution in [0.1, 0.15) is 59.3 Å². The number of hydrazine groups is 1. The van der Waals surface area contributed by atoms with Crippen LogP contribution in [0.15, 0.2) is 36.4 Å². The zero-order chi connectivity index (χ0) is 19.9. The topological polar surface area (TPSA) is 82.5 Å². The molecule has 0 unspecified atom stereocenters. The molecule has 0 radical (unpaired) electrons. The molecule has 1 heterocycles. The Morgan fingerprint density at radius 1 is 1.07 bits per heavy atom. The van der Waals surface area contributed by atoms with Crippen LogP contribution in [0.25, 0.3) is 10.9 Å². The summed E-state index contributed by atoms with van der Waals surface area (Å²) in [7, 11) is 0. The molecule has 0 saturated carbocycles. The third-order valence-corrected chi connectivity index (χ3v) is 4.65. The van der Waals surface area contributed by atoms with Gasteiger partial charge in [0.15, 0.2) is 5.82 Å². The number of fused-ring (bicyclic) bond motifs is 1.